The Morgan fingerprint density at radius 3 is 2.79 bits per heavy atom. The zero-order valence-corrected chi connectivity index (χ0v) is 25.1. The first-order valence-electron chi connectivity index (χ1n) is 13.1. The number of likely N-dealkylation sites (tertiary alicyclic amines) is 1. The van der Waals surface area contributed by atoms with Gasteiger partial charge in [-0.1, -0.05) is 41.4 Å². The molecule has 3 heterocycles. The molecule has 220 valence electrons. The number of carbonyl (C=O) groups is 3. The molecule has 0 spiro atoms. The average Bonchev–Trinajstić information content (AvgIpc) is 3.72. The van der Waals surface area contributed by atoms with Crippen LogP contribution in [-0.2, 0) is 27.3 Å². The third-order valence-electron chi connectivity index (χ3n) is 7.29. The summed E-state index contributed by atoms with van der Waals surface area (Å²) in [5.74, 6) is -1.45. The summed E-state index contributed by atoms with van der Waals surface area (Å²) in [5, 5.41) is 15.4. The molecule has 2 aromatic heterocycles. The Labute approximate surface area is 255 Å². The molecule has 0 unspecified atom stereocenters. The van der Waals surface area contributed by atoms with Crippen LogP contribution in [0.4, 0.5) is 5.69 Å². The molecule has 2 aromatic carbocycles. The topological polar surface area (TPSA) is 125 Å². The number of amides is 2. The molecule has 2 atom stereocenters. The van der Waals surface area contributed by atoms with E-state index in [1.807, 2.05) is 19.2 Å². The van der Waals surface area contributed by atoms with Crippen molar-refractivity contribution in [3.05, 3.63) is 79.9 Å². The van der Waals surface area contributed by atoms with Crippen molar-refractivity contribution in [2.24, 2.45) is 0 Å². The number of aromatic nitrogens is 1. The molecule has 10 nitrogen and oxygen atoms in total. The number of nitrogens with zero attached hydrogens (tertiary/aromatic N) is 3. The second-order valence-electron chi connectivity index (χ2n) is 9.94. The number of hydrogen-bond donors (Lipinski definition) is 2. The number of carbonyl (C=O) groups excluding carboxylic acids is 2. The summed E-state index contributed by atoms with van der Waals surface area (Å²) < 4.78 is 5.47. The number of benzene rings is 2. The summed E-state index contributed by atoms with van der Waals surface area (Å²) in [4.78, 5) is 50.2. The lowest BCUT2D eigenvalue weighted by Gasteiger charge is -2.24. The van der Waals surface area contributed by atoms with E-state index >= 15 is 0 Å². The van der Waals surface area contributed by atoms with Gasteiger partial charge >= 0.3 is 5.97 Å². The predicted molar refractivity (Wildman–Crippen MR) is 160 cm³/mol. The maximum Gasteiger partial charge on any atom is 0.303 e. The summed E-state index contributed by atoms with van der Waals surface area (Å²) >= 11 is 14.5. The van der Waals surface area contributed by atoms with Crippen molar-refractivity contribution in [3.63, 3.8) is 0 Å². The predicted octanol–water partition coefficient (Wildman–Crippen LogP) is 5.84. The number of hydrogen-bond acceptors (Lipinski definition) is 8. The van der Waals surface area contributed by atoms with Gasteiger partial charge in [-0.25, -0.2) is 4.98 Å². The van der Waals surface area contributed by atoms with E-state index < -0.39 is 11.9 Å². The Bertz CT molecular complexity index is 1640. The second kappa shape index (κ2) is 12.8. The van der Waals surface area contributed by atoms with Crippen LogP contribution in [0.25, 0.3) is 11.0 Å². The van der Waals surface area contributed by atoms with Gasteiger partial charge in [0.15, 0.2) is 0 Å². The van der Waals surface area contributed by atoms with Crippen molar-refractivity contribution >= 4 is 69.0 Å². The van der Waals surface area contributed by atoms with Crippen molar-refractivity contribution in [2.45, 2.75) is 37.8 Å². The highest BCUT2D eigenvalue weighted by atomic mass is 35.5. The summed E-state index contributed by atoms with van der Waals surface area (Å²) in [6, 6.07) is 9.95. The van der Waals surface area contributed by atoms with Crippen LogP contribution >= 0.6 is 34.5 Å². The number of fused-ring (bicyclic) bond motifs is 1. The first-order valence-corrected chi connectivity index (χ1v) is 14.7. The van der Waals surface area contributed by atoms with Crippen LogP contribution in [0.1, 0.15) is 44.7 Å². The van der Waals surface area contributed by atoms with E-state index in [0.717, 1.165) is 9.88 Å². The Balaban J connectivity index is 1.32. The van der Waals surface area contributed by atoms with E-state index in [1.165, 1.54) is 23.7 Å². The molecule has 0 radical (unpaired) electrons. The zero-order valence-electron chi connectivity index (χ0n) is 22.8. The first kappa shape index (κ1) is 30.0. The van der Waals surface area contributed by atoms with Gasteiger partial charge in [0.1, 0.15) is 16.9 Å². The minimum absolute atomic E-state index is 0.0123. The number of carboxylic acid groups (broad SMARTS) is 1. The van der Waals surface area contributed by atoms with Gasteiger partial charge in [0.25, 0.3) is 5.91 Å². The van der Waals surface area contributed by atoms with Crippen LogP contribution in [0, 0.1) is 0 Å². The number of furan rings is 1. The molecular formula is C29H28Cl2N4O6S. The molecule has 4 aromatic rings. The van der Waals surface area contributed by atoms with Crippen LogP contribution in [0.15, 0.2) is 53.3 Å². The van der Waals surface area contributed by atoms with E-state index in [-0.39, 0.29) is 40.9 Å². The normalized spacial score (nSPS) is 16.8. The molecule has 5 rings (SSSR count). The molecule has 13 heteroatoms. The third kappa shape index (κ3) is 6.45. The summed E-state index contributed by atoms with van der Waals surface area (Å²) in [7, 11) is 3.38. The van der Waals surface area contributed by atoms with Crippen LogP contribution in [-0.4, -0.2) is 64.6 Å². The number of halogens is 2. The summed E-state index contributed by atoms with van der Waals surface area (Å²) in [5.41, 5.74) is 1.78. The smallest absolute Gasteiger partial charge is 0.303 e. The van der Waals surface area contributed by atoms with Crippen molar-refractivity contribution < 1.29 is 28.7 Å². The SMILES string of the molecule is CON(C)[C@H]1C[C@@H](c2ncc(CCC(=O)O)s2)N(C(=O)Cc2cc(Cl)c(NC(=O)c3coc4ccccc34)cc2Cl)C1. The number of aryl methyl sites for hydroxylation is 1. The number of likely N-dealkylation sites (N-methyl/N-ethyl adjacent to an activating group) is 1. The molecule has 0 aliphatic carbocycles. The monoisotopic (exact) mass is 630 g/mol. The van der Waals surface area contributed by atoms with Crippen LogP contribution in [0.5, 0.6) is 0 Å². The Morgan fingerprint density at radius 2 is 2.02 bits per heavy atom. The number of anilines is 1. The number of nitrogens with one attached hydrogen (secondary N) is 1. The number of aliphatic carboxylic acids is 1. The summed E-state index contributed by atoms with van der Waals surface area (Å²) in [6.45, 7) is 0.413. The van der Waals surface area contributed by atoms with Crippen LogP contribution in [0.2, 0.25) is 10.0 Å². The molecule has 0 saturated carbocycles. The highest BCUT2D eigenvalue weighted by Crippen LogP contribution is 2.38. The Morgan fingerprint density at radius 1 is 1.24 bits per heavy atom. The fourth-order valence-corrected chi connectivity index (χ4v) is 6.49. The molecule has 1 aliphatic rings. The Kier molecular flexibility index (Phi) is 9.14. The lowest BCUT2D eigenvalue weighted by Crippen LogP contribution is -2.37. The lowest BCUT2D eigenvalue weighted by atomic mass is 10.1. The van der Waals surface area contributed by atoms with Crippen molar-refractivity contribution in [2.75, 3.05) is 26.0 Å². The molecular weight excluding hydrogens is 603 g/mol. The lowest BCUT2D eigenvalue weighted by molar-refractivity contribution is -0.141. The zero-order chi connectivity index (χ0) is 30.0. The molecule has 2 amide bonds. The largest absolute Gasteiger partial charge is 0.481 e. The van der Waals surface area contributed by atoms with E-state index in [4.69, 9.17) is 37.6 Å². The molecule has 0 bridgehead atoms. The van der Waals surface area contributed by atoms with Gasteiger partial charge in [0, 0.05) is 35.1 Å². The quantitative estimate of drug-likeness (QED) is 0.209. The molecule has 1 aliphatic heterocycles. The molecule has 1 fully saturated rings. The van der Waals surface area contributed by atoms with Gasteiger partial charge in [-0.2, -0.15) is 5.06 Å². The fourth-order valence-electron chi connectivity index (χ4n) is 4.99. The van der Waals surface area contributed by atoms with E-state index in [9.17, 15) is 14.4 Å². The maximum atomic E-state index is 13.7. The van der Waals surface area contributed by atoms with Gasteiger partial charge in [0.05, 0.1) is 48.3 Å². The second-order valence-corrected chi connectivity index (χ2v) is 11.9. The average molecular weight is 632 g/mol. The van der Waals surface area contributed by atoms with Crippen molar-refractivity contribution in [1.82, 2.24) is 14.9 Å². The van der Waals surface area contributed by atoms with Gasteiger partial charge in [-0.15, -0.1) is 11.3 Å². The molecule has 42 heavy (non-hydrogen) atoms. The standard InChI is InChI=1S/C29H28Cl2N4O6S/c1-34(40-2)17-11-24(29-32-13-18(42-29)7-8-27(37)38)35(14-17)26(36)10-16-9-22(31)23(12-21(16)30)33-28(39)20-15-41-25-6-4-3-5-19(20)25/h3-6,9,12-13,15,17,24H,7-8,10-11,14H2,1-2H3,(H,33,39)(H,37,38)/t17-,24-/m0/s1. The van der Waals surface area contributed by atoms with Crippen molar-refractivity contribution in [1.29, 1.82) is 0 Å². The van der Waals surface area contributed by atoms with Crippen molar-refractivity contribution in [3.8, 4) is 0 Å². The Hall–Kier alpha value is -3.48. The van der Waals surface area contributed by atoms with E-state index in [2.05, 4.69) is 10.3 Å². The minimum atomic E-state index is -0.875. The molecule has 1 saturated heterocycles. The van der Waals surface area contributed by atoms with E-state index in [1.54, 1.807) is 41.5 Å². The van der Waals surface area contributed by atoms with Gasteiger partial charge in [-0.3, -0.25) is 14.4 Å². The van der Waals surface area contributed by atoms with Gasteiger partial charge < -0.3 is 24.6 Å². The highest BCUT2D eigenvalue weighted by molar-refractivity contribution is 7.11. The number of thiazole rings is 1. The minimum Gasteiger partial charge on any atom is -0.481 e. The number of rotatable bonds is 10. The van der Waals surface area contributed by atoms with E-state index in [0.29, 0.717) is 47.2 Å². The fraction of sp³-hybridized carbons (Fsp3) is 0.310. The third-order valence-corrected chi connectivity index (χ3v) is 9.12. The summed E-state index contributed by atoms with van der Waals surface area (Å²) in [6.07, 6.45) is 4.04. The molecule has 2 N–H and O–H groups in total. The number of para-hydroxylation sites is 1. The number of hydroxylamine groups is 2. The first-order chi connectivity index (χ1) is 20.1. The van der Waals surface area contributed by atoms with Gasteiger partial charge in [0.2, 0.25) is 5.91 Å². The highest BCUT2D eigenvalue weighted by Gasteiger charge is 2.40. The number of carboxylic acids is 1. The maximum absolute atomic E-state index is 13.7. The van der Waals surface area contributed by atoms with Gasteiger partial charge in [-0.05, 0) is 36.6 Å². The van der Waals surface area contributed by atoms with Crippen LogP contribution < -0.4 is 5.32 Å². The van der Waals surface area contributed by atoms with Crippen LogP contribution in [0.3, 0.4) is 0 Å².